The topological polar surface area (TPSA) is 76.7 Å². The van der Waals surface area contributed by atoms with Crippen LogP contribution in [0.25, 0.3) is 5.65 Å². The van der Waals surface area contributed by atoms with Crippen LogP contribution in [-0.2, 0) is 7.05 Å². The number of ether oxygens (including phenoxy) is 1. The molecule has 1 amide bonds. The zero-order valence-electron chi connectivity index (χ0n) is 15.8. The summed E-state index contributed by atoms with van der Waals surface area (Å²) in [6.07, 6.45) is 5.40. The molecule has 8 nitrogen and oxygen atoms in total. The molecule has 0 aliphatic carbocycles. The molecule has 1 unspecified atom stereocenters. The number of anilines is 1. The van der Waals surface area contributed by atoms with E-state index in [2.05, 4.69) is 26.4 Å². The Hall–Kier alpha value is -3.03. The maximum absolute atomic E-state index is 12.8. The predicted molar refractivity (Wildman–Crippen MR) is 102 cm³/mol. The molecule has 0 aromatic carbocycles. The van der Waals surface area contributed by atoms with Crippen molar-refractivity contribution in [2.45, 2.75) is 25.8 Å². The minimum Gasteiger partial charge on any atom is -0.497 e. The highest BCUT2D eigenvalue weighted by atomic mass is 16.5. The molecule has 27 heavy (non-hydrogen) atoms. The fourth-order valence-electron chi connectivity index (χ4n) is 3.71. The molecule has 3 aromatic rings. The van der Waals surface area contributed by atoms with Crippen LogP contribution in [0, 0.1) is 6.92 Å². The number of methoxy groups -OCH3 is 1. The third-order valence-electron chi connectivity index (χ3n) is 5.01. The number of nitrogens with one attached hydrogen (secondary N) is 1. The average Bonchev–Trinajstić information content (AvgIpc) is 3.23. The van der Waals surface area contributed by atoms with Crippen LogP contribution in [0.4, 0.5) is 5.82 Å². The van der Waals surface area contributed by atoms with Crippen LogP contribution in [-0.4, -0.2) is 51.3 Å². The smallest absolute Gasteiger partial charge is 0.270 e. The molecule has 0 spiro atoms. The number of aromatic nitrogens is 4. The number of carbonyl (C=O) groups is 1. The number of rotatable bonds is 4. The fraction of sp³-hybridized carbons (Fsp3) is 0.421. The van der Waals surface area contributed by atoms with Crippen molar-refractivity contribution in [3.8, 4) is 5.75 Å². The van der Waals surface area contributed by atoms with Gasteiger partial charge in [-0.15, -0.1) is 0 Å². The monoisotopic (exact) mass is 368 g/mol. The second-order valence-corrected chi connectivity index (χ2v) is 6.96. The fourth-order valence-corrected chi connectivity index (χ4v) is 3.71. The average molecular weight is 368 g/mol. The normalized spacial score (nSPS) is 17.3. The van der Waals surface area contributed by atoms with Gasteiger partial charge < -0.3 is 15.0 Å². The van der Waals surface area contributed by atoms with E-state index in [1.54, 1.807) is 17.7 Å². The van der Waals surface area contributed by atoms with Gasteiger partial charge in [-0.3, -0.25) is 13.9 Å². The van der Waals surface area contributed by atoms with Crippen molar-refractivity contribution in [3.63, 3.8) is 0 Å². The van der Waals surface area contributed by atoms with Gasteiger partial charge in [-0.25, -0.2) is 4.98 Å². The largest absolute Gasteiger partial charge is 0.497 e. The minimum absolute atomic E-state index is 0.0882. The van der Waals surface area contributed by atoms with Gasteiger partial charge in [0.05, 0.1) is 19.0 Å². The highest BCUT2D eigenvalue weighted by molar-refractivity contribution is 5.93. The molecule has 0 saturated carbocycles. The molecular formula is C19H24N6O2. The van der Waals surface area contributed by atoms with E-state index in [0.717, 1.165) is 43.2 Å². The summed E-state index contributed by atoms with van der Waals surface area (Å²) in [7, 11) is 3.57. The van der Waals surface area contributed by atoms with Gasteiger partial charge >= 0.3 is 0 Å². The molecule has 1 atom stereocenters. The summed E-state index contributed by atoms with van der Waals surface area (Å²) in [6.45, 7) is 3.74. The number of carbonyl (C=O) groups excluding carboxylic acids is 1. The number of fused-ring (bicyclic) bond motifs is 1. The molecule has 4 rings (SSSR count). The van der Waals surface area contributed by atoms with Crippen molar-refractivity contribution in [1.29, 1.82) is 0 Å². The Morgan fingerprint density at radius 3 is 2.96 bits per heavy atom. The van der Waals surface area contributed by atoms with Gasteiger partial charge in [-0.2, -0.15) is 5.10 Å². The first-order chi connectivity index (χ1) is 13.0. The molecule has 1 aliphatic heterocycles. The number of amides is 1. The van der Waals surface area contributed by atoms with Crippen LogP contribution in [0.2, 0.25) is 0 Å². The lowest BCUT2D eigenvalue weighted by Crippen LogP contribution is -2.48. The zero-order valence-corrected chi connectivity index (χ0v) is 15.8. The molecule has 142 valence electrons. The molecule has 1 aliphatic rings. The van der Waals surface area contributed by atoms with Crippen LogP contribution in [0.5, 0.6) is 5.75 Å². The number of imidazole rings is 1. The van der Waals surface area contributed by atoms with Crippen LogP contribution in [0.1, 0.15) is 29.0 Å². The maximum Gasteiger partial charge on any atom is 0.270 e. The summed E-state index contributed by atoms with van der Waals surface area (Å²) < 4.78 is 8.89. The number of piperidine rings is 1. The molecule has 0 bridgehead atoms. The number of nitrogens with zero attached hydrogens (tertiary/aromatic N) is 5. The van der Waals surface area contributed by atoms with Gasteiger partial charge in [0.2, 0.25) is 0 Å². The Bertz CT molecular complexity index is 976. The molecule has 3 aromatic heterocycles. The van der Waals surface area contributed by atoms with Crippen molar-refractivity contribution >= 4 is 17.4 Å². The third kappa shape index (κ3) is 3.34. The number of aryl methyl sites for hydroxylation is 2. The Labute approximate surface area is 157 Å². The van der Waals surface area contributed by atoms with Crippen molar-refractivity contribution < 1.29 is 9.53 Å². The SMILES string of the molecule is COc1ccn2c(C(=O)NC3CCCN(c4cc(C)nn4C)C3)cnc2c1. The molecule has 1 fully saturated rings. The molecule has 8 heteroatoms. The molecule has 1 N–H and O–H groups in total. The van der Waals surface area contributed by atoms with E-state index in [4.69, 9.17) is 4.74 Å². The summed E-state index contributed by atoms with van der Waals surface area (Å²) in [5, 5.41) is 7.59. The van der Waals surface area contributed by atoms with E-state index in [1.165, 1.54) is 0 Å². The highest BCUT2D eigenvalue weighted by Crippen LogP contribution is 2.21. The Morgan fingerprint density at radius 2 is 2.22 bits per heavy atom. The Balaban J connectivity index is 1.48. The summed E-state index contributed by atoms with van der Waals surface area (Å²) in [5.41, 5.74) is 2.22. The van der Waals surface area contributed by atoms with Gasteiger partial charge in [0.1, 0.15) is 22.9 Å². The van der Waals surface area contributed by atoms with Crippen molar-refractivity contribution in [1.82, 2.24) is 24.5 Å². The van der Waals surface area contributed by atoms with Crippen molar-refractivity contribution in [2.75, 3.05) is 25.1 Å². The van der Waals surface area contributed by atoms with Gasteiger partial charge in [-0.1, -0.05) is 0 Å². The maximum atomic E-state index is 12.8. The highest BCUT2D eigenvalue weighted by Gasteiger charge is 2.25. The van der Waals surface area contributed by atoms with Gasteiger partial charge in [0.25, 0.3) is 5.91 Å². The van der Waals surface area contributed by atoms with Crippen LogP contribution in [0.3, 0.4) is 0 Å². The summed E-state index contributed by atoms with van der Waals surface area (Å²) in [5.74, 6) is 1.70. The van der Waals surface area contributed by atoms with Crippen molar-refractivity contribution in [3.05, 3.63) is 42.0 Å². The summed E-state index contributed by atoms with van der Waals surface area (Å²) in [4.78, 5) is 19.4. The first-order valence-corrected chi connectivity index (χ1v) is 9.12. The second kappa shape index (κ2) is 6.94. The number of hydrogen-bond donors (Lipinski definition) is 1. The summed E-state index contributed by atoms with van der Waals surface area (Å²) in [6, 6.07) is 5.80. The standard InChI is InChI=1S/C19H24N6O2/c1-13-9-18(23(2)22-13)24-7-4-5-14(12-24)21-19(26)16-11-20-17-10-15(27-3)6-8-25(16)17/h6,8-11,14H,4-5,7,12H2,1-3H3,(H,21,26). The van der Waals surface area contributed by atoms with E-state index in [-0.39, 0.29) is 11.9 Å². The first-order valence-electron chi connectivity index (χ1n) is 9.12. The lowest BCUT2D eigenvalue weighted by atomic mass is 10.1. The molecule has 1 saturated heterocycles. The minimum atomic E-state index is -0.110. The first kappa shape index (κ1) is 17.4. The van der Waals surface area contributed by atoms with Crippen LogP contribution in [0.15, 0.2) is 30.6 Å². The second-order valence-electron chi connectivity index (χ2n) is 6.96. The summed E-state index contributed by atoms with van der Waals surface area (Å²) >= 11 is 0. The van der Waals surface area contributed by atoms with Gasteiger partial charge in [0.15, 0.2) is 0 Å². The van der Waals surface area contributed by atoms with Crippen LogP contribution >= 0.6 is 0 Å². The number of hydrogen-bond acceptors (Lipinski definition) is 5. The van der Waals surface area contributed by atoms with Crippen molar-refractivity contribution in [2.24, 2.45) is 7.05 Å². The molecular weight excluding hydrogens is 344 g/mol. The van der Waals surface area contributed by atoms with Gasteiger partial charge in [0, 0.05) is 44.5 Å². The van der Waals surface area contributed by atoms with E-state index in [9.17, 15) is 4.79 Å². The number of pyridine rings is 1. The zero-order chi connectivity index (χ0) is 19.0. The lowest BCUT2D eigenvalue weighted by molar-refractivity contribution is 0.0927. The van der Waals surface area contributed by atoms with E-state index < -0.39 is 0 Å². The molecule has 0 radical (unpaired) electrons. The van der Waals surface area contributed by atoms with Crippen LogP contribution < -0.4 is 15.0 Å². The van der Waals surface area contributed by atoms with E-state index >= 15 is 0 Å². The lowest BCUT2D eigenvalue weighted by Gasteiger charge is -2.34. The van der Waals surface area contributed by atoms with E-state index in [0.29, 0.717) is 11.3 Å². The predicted octanol–water partition coefficient (Wildman–Crippen LogP) is 1.78. The quantitative estimate of drug-likeness (QED) is 0.760. The Kier molecular flexibility index (Phi) is 4.47. The Morgan fingerprint density at radius 1 is 1.37 bits per heavy atom. The van der Waals surface area contributed by atoms with Gasteiger partial charge in [-0.05, 0) is 25.8 Å². The third-order valence-corrected chi connectivity index (χ3v) is 5.01. The van der Waals surface area contributed by atoms with E-state index in [1.807, 2.05) is 37.0 Å². The molecule has 4 heterocycles.